The summed E-state index contributed by atoms with van der Waals surface area (Å²) >= 11 is 1.64. The maximum absolute atomic E-state index is 12.2. The van der Waals surface area contributed by atoms with E-state index in [9.17, 15) is 4.79 Å². The smallest absolute Gasteiger partial charge is 0.408 e. The molecule has 1 N–H and O–H groups in total. The first-order valence-electron chi connectivity index (χ1n) is 8.30. The van der Waals surface area contributed by atoms with E-state index in [1.165, 1.54) is 4.88 Å². The largest absolute Gasteiger partial charge is 0.444 e. The second-order valence-corrected chi connectivity index (χ2v) is 8.20. The maximum Gasteiger partial charge on any atom is 0.408 e. The molecule has 25 heavy (non-hydrogen) atoms. The third kappa shape index (κ3) is 5.83. The Balaban J connectivity index is 2.17. The fourth-order valence-corrected chi connectivity index (χ4v) is 3.31. The van der Waals surface area contributed by atoms with Gasteiger partial charge in [0, 0.05) is 6.54 Å². The number of hydrogen-bond donors (Lipinski definition) is 1. The number of benzene rings is 1. The van der Waals surface area contributed by atoms with Crippen LogP contribution in [0.4, 0.5) is 4.79 Å². The third-order valence-corrected chi connectivity index (χ3v) is 4.54. The molecule has 0 radical (unpaired) electrons. The van der Waals surface area contributed by atoms with E-state index in [0.717, 1.165) is 16.8 Å². The molecular weight excluding hydrogens is 334 g/mol. The highest BCUT2D eigenvalue weighted by Crippen LogP contribution is 2.28. The van der Waals surface area contributed by atoms with E-state index in [2.05, 4.69) is 34.6 Å². The molecule has 1 heterocycles. The number of thiazole rings is 1. The van der Waals surface area contributed by atoms with Crippen molar-refractivity contribution in [3.8, 4) is 10.4 Å². The molecule has 1 amide bonds. The summed E-state index contributed by atoms with van der Waals surface area (Å²) < 4.78 is 5.39. The lowest BCUT2D eigenvalue weighted by atomic mass is 10.0. The predicted octanol–water partition coefficient (Wildman–Crippen LogP) is 4.25. The summed E-state index contributed by atoms with van der Waals surface area (Å²) in [7, 11) is 3.97. The predicted molar refractivity (Wildman–Crippen MR) is 103 cm³/mol. The number of nitrogens with zero attached hydrogens (tertiary/aromatic N) is 2. The van der Waals surface area contributed by atoms with Gasteiger partial charge in [-0.2, -0.15) is 0 Å². The number of amides is 1. The number of ether oxygens (including phenoxy) is 1. The van der Waals surface area contributed by atoms with E-state index in [0.29, 0.717) is 6.54 Å². The number of nitrogens with one attached hydrogen (secondary N) is 1. The van der Waals surface area contributed by atoms with Gasteiger partial charge in [-0.25, -0.2) is 9.78 Å². The second-order valence-electron chi connectivity index (χ2n) is 7.35. The molecule has 0 aliphatic heterocycles. The van der Waals surface area contributed by atoms with Gasteiger partial charge in [0.1, 0.15) is 5.60 Å². The van der Waals surface area contributed by atoms with E-state index in [1.54, 1.807) is 11.3 Å². The van der Waals surface area contributed by atoms with Crippen LogP contribution in [0.2, 0.25) is 0 Å². The maximum atomic E-state index is 12.2. The zero-order valence-corrected chi connectivity index (χ0v) is 16.6. The minimum Gasteiger partial charge on any atom is -0.444 e. The molecule has 1 aromatic carbocycles. The highest BCUT2D eigenvalue weighted by molar-refractivity contribution is 7.13. The van der Waals surface area contributed by atoms with Crippen molar-refractivity contribution in [3.63, 3.8) is 0 Å². The summed E-state index contributed by atoms with van der Waals surface area (Å²) in [6.07, 6.45) is -0.401. The van der Waals surface area contributed by atoms with Gasteiger partial charge in [-0.15, -0.1) is 11.3 Å². The van der Waals surface area contributed by atoms with E-state index in [-0.39, 0.29) is 6.04 Å². The van der Waals surface area contributed by atoms with Crippen molar-refractivity contribution in [1.29, 1.82) is 0 Å². The number of aryl methyl sites for hydroxylation is 1. The number of rotatable bonds is 5. The molecule has 0 saturated heterocycles. The lowest BCUT2D eigenvalue weighted by Crippen LogP contribution is -2.38. The standard InChI is InChI=1S/C19H27N3O2S/c1-13-17(25-12-20-13)15-9-7-14(8-10-15)16(11-22(5)6)21-18(23)24-19(2,3)4/h7-10,12,16H,11H2,1-6H3,(H,21,23). The van der Waals surface area contributed by atoms with E-state index in [4.69, 9.17) is 4.74 Å². The second kappa shape index (κ2) is 7.97. The van der Waals surface area contributed by atoms with Gasteiger partial charge in [0.2, 0.25) is 0 Å². The van der Waals surface area contributed by atoms with Gasteiger partial charge < -0.3 is 15.0 Å². The average Bonchev–Trinajstić information content (AvgIpc) is 2.90. The minimum absolute atomic E-state index is 0.138. The zero-order chi connectivity index (χ0) is 18.6. The summed E-state index contributed by atoms with van der Waals surface area (Å²) in [4.78, 5) is 19.7. The van der Waals surface area contributed by atoms with Crippen LogP contribution in [0.1, 0.15) is 38.1 Å². The van der Waals surface area contributed by atoms with Crippen molar-refractivity contribution in [2.45, 2.75) is 39.3 Å². The molecule has 136 valence electrons. The number of alkyl carbamates (subject to hydrolysis) is 1. The van der Waals surface area contributed by atoms with Crippen LogP contribution in [0.15, 0.2) is 29.8 Å². The van der Waals surface area contributed by atoms with Crippen molar-refractivity contribution < 1.29 is 9.53 Å². The summed E-state index contributed by atoms with van der Waals surface area (Å²) in [5.74, 6) is 0. The van der Waals surface area contributed by atoms with Crippen LogP contribution in [-0.2, 0) is 4.74 Å². The quantitative estimate of drug-likeness (QED) is 0.865. The Labute approximate surface area is 154 Å². The average molecular weight is 362 g/mol. The van der Waals surface area contributed by atoms with Crippen LogP contribution in [0.3, 0.4) is 0 Å². The Kier molecular flexibility index (Phi) is 6.19. The van der Waals surface area contributed by atoms with Crippen LogP contribution in [0.5, 0.6) is 0 Å². The first kappa shape index (κ1) is 19.4. The molecule has 0 spiro atoms. The van der Waals surface area contributed by atoms with Gasteiger partial charge >= 0.3 is 6.09 Å². The molecule has 2 aromatic rings. The first-order chi connectivity index (χ1) is 11.7. The number of aromatic nitrogens is 1. The Morgan fingerprint density at radius 1 is 1.28 bits per heavy atom. The normalized spacial score (nSPS) is 12.9. The Hall–Kier alpha value is -1.92. The highest BCUT2D eigenvalue weighted by Gasteiger charge is 2.21. The fourth-order valence-electron chi connectivity index (χ4n) is 2.50. The van der Waals surface area contributed by atoms with E-state index in [1.807, 2.05) is 52.2 Å². The summed E-state index contributed by atoms with van der Waals surface area (Å²) in [5, 5.41) is 2.97. The topological polar surface area (TPSA) is 54.5 Å². The summed E-state index contributed by atoms with van der Waals surface area (Å²) in [6, 6.07) is 8.13. The van der Waals surface area contributed by atoms with Crippen molar-refractivity contribution in [2.75, 3.05) is 20.6 Å². The van der Waals surface area contributed by atoms with E-state index < -0.39 is 11.7 Å². The van der Waals surface area contributed by atoms with Gasteiger partial charge in [-0.3, -0.25) is 0 Å². The van der Waals surface area contributed by atoms with Crippen LogP contribution in [-0.4, -0.2) is 42.2 Å². The number of carbonyl (C=O) groups is 1. The van der Waals surface area contributed by atoms with Crippen molar-refractivity contribution in [2.24, 2.45) is 0 Å². The molecule has 6 heteroatoms. The Bertz CT molecular complexity index is 702. The van der Waals surface area contributed by atoms with Crippen molar-refractivity contribution in [3.05, 3.63) is 41.0 Å². The lowest BCUT2D eigenvalue weighted by molar-refractivity contribution is 0.0496. The molecule has 1 aromatic heterocycles. The van der Waals surface area contributed by atoms with Gasteiger partial charge in [-0.05, 0) is 52.9 Å². The van der Waals surface area contributed by atoms with Crippen molar-refractivity contribution in [1.82, 2.24) is 15.2 Å². The number of carbonyl (C=O) groups excluding carboxylic acids is 1. The zero-order valence-electron chi connectivity index (χ0n) is 15.8. The molecule has 1 unspecified atom stereocenters. The van der Waals surface area contributed by atoms with Crippen LogP contribution < -0.4 is 5.32 Å². The fraction of sp³-hybridized carbons (Fsp3) is 0.474. The van der Waals surface area contributed by atoms with E-state index >= 15 is 0 Å². The van der Waals surface area contributed by atoms with Crippen LogP contribution in [0.25, 0.3) is 10.4 Å². The van der Waals surface area contributed by atoms with Crippen LogP contribution >= 0.6 is 11.3 Å². The third-order valence-electron chi connectivity index (χ3n) is 3.56. The van der Waals surface area contributed by atoms with Gasteiger partial charge in [0.25, 0.3) is 0 Å². The molecule has 2 rings (SSSR count). The van der Waals surface area contributed by atoms with Gasteiger partial charge in [-0.1, -0.05) is 24.3 Å². The number of hydrogen-bond acceptors (Lipinski definition) is 5. The number of likely N-dealkylation sites (N-methyl/N-ethyl adjacent to an activating group) is 1. The summed E-state index contributed by atoms with van der Waals surface area (Å²) in [5.41, 5.74) is 4.57. The molecule has 1 atom stereocenters. The van der Waals surface area contributed by atoms with Gasteiger partial charge in [0.05, 0.1) is 22.1 Å². The monoisotopic (exact) mass is 361 g/mol. The molecule has 0 saturated carbocycles. The Morgan fingerprint density at radius 2 is 1.92 bits per heavy atom. The van der Waals surface area contributed by atoms with Gasteiger partial charge in [0.15, 0.2) is 0 Å². The molecular formula is C19H27N3O2S. The highest BCUT2D eigenvalue weighted by atomic mass is 32.1. The minimum atomic E-state index is -0.514. The molecule has 0 aliphatic carbocycles. The van der Waals surface area contributed by atoms with Crippen LogP contribution in [0, 0.1) is 6.92 Å². The SMILES string of the molecule is Cc1ncsc1-c1ccc(C(CN(C)C)NC(=O)OC(C)(C)C)cc1. The molecule has 5 nitrogen and oxygen atoms in total. The van der Waals surface area contributed by atoms with Crippen molar-refractivity contribution >= 4 is 17.4 Å². The molecule has 0 bridgehead atoms. The molecule has 0 fully saturated rings. The Morgan fingerprint density at radius 3 is 2.40 bits per heavy atom. The summed E-state index contributed by atoms with van der Waals surface area (Å²) in [6.45, 7) is 8.29. The first-order valence-corrected chi connectivity index (χ1v) is 9.18. The molecule has 0 aliphatic rings. The lowest BCUT2D eigenvalue weighted by Gasteiger charge is -2.26.